The number of carbonyl (C=O) groups is 2. The van der Waals surface area contributed by atoms with Gasteiger partial charge in [0.25, 0.3) is 5.91 Å². The van der Waals surface area contributed by atoms with Gasteiger partial charge in [0.2, 0.25) is 5.91 Å². The van der Waals surface area contributed by atoms with E-state index in [-0.39, 0.29) is 17.7 Å². The van der Waals surface area contributed by atoms with E-state index in [2.05, 4.69) is 25.1 Å². The molecule has 4 rings (SSSR count). The summed E-state index contributed by atoms with van der Waals surface area (Å²) >= 11 is 0. The van der Waals surface area contributed by atoms with E-state index in [1.165, 1.54) is 23.7 Å². The van der Waals surface area contributed by atoms with Gasteiger partial charge in [-0.25, -0.2) is 0 Å². The average molecular weight is 352 g/mol. The minimum atomic E-state index is -0.0104. The molecule has 0 saturated carbocycles. The second-order valence-electron chi connectivity index (χ2n) is 7.25. The highest BCUT2D eigenvalue weighted by Crippen LogP contribution is 2.33. The Balaban J connectivity index is 1.44. The third-order valence-corrected chi connectivity index (χ3v) is 5.58. The molecule has 2 aliphatic rings. The molecule has 2 aromatic rings. The van der Waals surface area contributed by atoms with Gasteiger partial charge in [0.05, 0.1) is 11.8 Å². The van der Waals surface area contributed by atoms with Gasteiger partial charge < -0.3 is 14.2 Å². The third kappa shape index (κ3) is 3.02. The maximum atomic E-state index is 13.2. The van der Waals surface area contributed by atoms with Crippen molar-refractivity contribution < 1.29 is 14.0 Å². The predicted molar refractivity (Wildman–Crippen MR) is 99.2 cm³/mol. The molecule has 1 aromatic carbocycles. The van der Waals surface area contributed by atoms with Crippen molar-refractivity contribution in [3.8, 4) is 0 Å². The zero-order valence-electron chi connectivity index (χ0n) is 15.1. The Morgan fingerprint density at radius 2 is 1.92 bits per heavy atom. The molecule has 1 aromatic heterocycles. The van der Waals surface area contributed by atoms with Gasteiger partial charge >= 0.3 is 0 Å². The third-order valence-electron chi connectivity index (χ3n) is 5.58. The maximum absolute atomic E-state index is 13.2. The molecule has 0 bridgehead atoms. The lowest BCUT2D eigenvalue weighted by Crippen LogP contribution is -2.46. The Labute approximate surface area is 153 Å². The lowest BCUT2D eigenvalue weighted by Gasteiger charge is -2.37. The number of furan rings is 1. The van der Waals surface area contributed by atoms with Gasteiger partial charge in [-0.15, -0.1) is 0 Å². The Morgan fingerprint density at radius 1 is 1.12 bits per heavy atom. The zero-order valence-corrected chi connectivity index (χ0v) is 15.1. The number of piperidine rings is 1. The summed E-state index contributed by atoms with van der Waals surface area (Å²) in [5.74, 6) is 0.202. The smallest absolute Gasteiger partial charge is 0.257 e. The van der Waals surface area contributed by atoms with Crippen molar-refractivity contribution in [2.75, 3.05) is 24.5 Å². The topological polar surface area (TPSA) is 53.8 Å². The zero-order chi connectivity index (χ0) is 18.1. The SMILES string of the molecule is Cc1cccc2c1N(C(=O)C1CCN(C(=O)c3ccoc3)CC1)CCC2. The van der Waals surface area contributed by atoms with Crippen LogP contribution in [-0.2, 0) is 11.2 Å². The Bertz CT molecular complexity index is 805. The molecule has 0 atom stereocenters. The van der Waals surface area contributed by atoms with Crippen molar-refractivity contribution in [1.29, 1.82) is 0 Å². The number of hydrogen-bond acceptors (Lipinski definition) is 3. The van der Waals surface area contributed by atoms with E-state index in [4.69, 9.17) is 4.42 Å². The number of para-hydroxylation sites is 1. The monoisotopic (exact) mass is 352 g/mol. The molecule has 0 N–H and O–H groups in total. The number of amides is 2. The first-order valence-electron chi connectivity index (χ1n) is 9.36. The molecule has 26 heavy (non-hydrogen) atoms. The van der Waals surface area contributed by atoms with Gasteiger partial charge in [0, 0.05) is 31.2 Å². The summed E-state index contributed by atoms with van der Waals surface area (Å²) in [6.45, 7) is 4.12. The van der Waals surface area contributed by atoms with Gasteiger partial charge in [0.15, 0.2) is 0 Å². The molecular weight excluding hydrogens is 328 g/mol. The lowest BCUT2D eigenvalue weighted by atomic mass is 9.92. The standard InChI is InChI=1S/C21H24N2O3/c1-15-4-2-5-16-6-3-10-23(19(15)16)21(25)17-7-11-22(12-8-17)20(24)18-9-13-26-14-18/h2,4-5,9,13-14,17H,3,6-8,10-12H2,1H3. The van der Waals surface area contributed by atoms with Gasteiger partial charge in [-0.1, -0.05) is 18.2 Å². The van der Waals surface area contributed by atoms with Crippen LogP contribution in [0.5, 0.6) is 0 Å². The predicted octanol–water partition coefficient (Wildman–Crippen LogP) is 3.42. The molecule has 136 valence electrons. The van der Waals surface area contributed by atoms with Crippen LogP contribution < -0.4 is 4.90 Å². The summed E-state index contributed by atoms with van der Waals surface area (Å²) in [6.07, 6.45) is 6.49. The molecular formula is C21H24N2O3. The van der Waals surface area contributed by atoms with Crippen molar-refractivity contribution >= 4 is 17.5 Å². The van der Waals surface area contributed by atoms with E-state index in [0.29, 0.717) is 18.7 Å². The van der Waals surface area contributed by atoms with E-state index >= 15 is 0 Å². The van der Waals surface area contributed by atoms with Crippen LogP contribution in [0.1, 0.15) is 40.7 Å². The van der Waals surface area contributed by atoms with Gasteiger partial charge in [-0.3, -0.25) is 9.59 Å². The van der Waals surface area contributed by atoms with Crippen molar-refractivity contribution in [3.63, 3.8) is 0 Å². The first kappa shape index (κ1) is 16.9. The van der Waals surface area contributed by atoms with E-state index < -0.39 is 0 Å². The number of benzene rings is 1. The molecule has 2 amide bonds. The lowest BCUT2D eigenvalue weighted by molar-refractivity contribution is -0.123. The summed E-state index contributed by atoms with van der Waals surface area (Å²) < 4.78 is 5.00. The highest BCUT2D eigenvalue weighted by molar-refractivity contribution is 5.97. The van der Waals surface area contributed by atoms with E-state index in [0.717, 1.165) is 37.9 Å². The van der Waals surface area contributed by atoms with Crippen LogP contribution in [0.4, 0.5) is 5.69 Å². The number of likely N-dealkylation sites (tertiary alicyclic amines) is 1. The molecule has 1 saturated heterocycles. The fraction of sp³-hybridized carbons (Fsp3) is 0.429. The van der Waals surface area contributed by atoms with E-state index in [1.54, 1.807) is 6.07 Å². The molecule has 3 heterocycles. The highest BCUT2D eigenvalue weighted by Gasteiger charge is 2.33. The number of fused-ring (bicyclic) bond motifs is 1. The number of aryl methyl sites for hydroxylation is 2. The molecule has 1 fully saturated rings. The first-order valence-corrected chi connectivity index (χ1v) is 9.36. The summed E-state index contributed by atoms with van der Waals surface area (Å²) in [5.41, 5.74) is 4.14. The number of anilines is 1. The van der Waals surface area contributed by atoms with E-state index in [9.17, 15) is 9.59 Å². The summed E-state index contributed by atoms with van der Waals surface area (Å²) in [6, 6.07) is 7.97. The van der Waals surface area contributed by atoms with E-state index in [1.807, 2.05) is 9.80 Å². The molecule has 0 aliphatic carbocycles. The maximum Gasteiger partial charge on any atom is 0.257 e. The minimum absolute atomic E-state index is 0.00560. The molecule has 0 spiro atoms. The Hall–Kier alpha value is -2.56. The molecule has 0 radical (unpaired) electrons. The van der Waals surface area contributed by atoms with Crippen molar-refractivity contribution in [2.45, 2.75) is 32.6 Å². The quantitative estimate of drug-likeness (QED) is 0.832. The van der Waals surface area contributed by atoms with Crippen molar-refractivity contribution in [1.82, 2.24) is 4.90 Å². The van der Waals surface area contributed by atoms with Crippen LogP contribution in [0.2, 0.25) is 0 Å². The summed E-state index contributed by atoms with van der Waals surface area (Å²) in [7, 11) is 0. The van der Waals surface area contributed by atoms with Crippen LogP contribution in [0.25, 0.3) is 0 Å². The van der Waals surface area contributed by atoms with Gasteiger partial charge in [-0.05, 0) is 49.8 Å². The first-order chi connectivity index (χ1) is 12.6. The second kappa shape index (κ2) is 6.98. The average Bonchev–Trinajstić information content (AvgIpc) is 3.21. The number of carbonyl (C=O) groups excluding carboxylic acids is 2. The summed E-state index contributed by atoms with van der Waals surface area (Å²) in [4.78, 5) is 29.4. The second-order valence-corrected chi connectivity index (χ2v) is 7.25. The van der Waals surface area contributed by atoms with Gasteiger partial charge in [0.1, 0.15) is 6.26 Å². The Morgan fingerprint density at radius 3 is 2.65 bits per heavy atom. The normalized spacial score (nSPS) is 17.9. The van der Waals surface area contributed by atoms with Crippen LogP contribution >= 0.6 is 0 Å². The highest BCUT2D eigenvalue weighted by atomic mass is 16.3. The Kier molecular flexibility index (Phi) is 4.53. The fourth-order valence-corrected chi connectivity index (χ4v) is 4.19. The molecule has 0 unspecified atom stereocenters. The number of hydrogen-bond donors (Lipinski definition) is 0. The van der Waals surface area contributed by atoms with Crippen molar-refractivity contribution in [3.05, 3.63) is 53.5 Å². The number of nitrogens with zero attached hydrogens (tertiary/aromatic N) is 2. The fourth-order valence-electron chi connectivity index (χ4n) is 4.19. The van der Waals surface area contributed by atoms with Crippen LogP contribution in [-0.4, -0.2) is 36.3 Å². The molecule has 5 nitrogen and oxygen atoms in total. The van der Waals surface area contributed by atoms with Crippen molar-refractivity contribution in [2.24, 2.45) is 5.92 Å². The van der Waals surface area contributed by atoms with Gasteiger partial charge in [-0.2, -0.15) is 0 Å². The van der Waals surface area contributed by atoms with Crippen LogP contribution in [0.15, 0.2) is 41.2 Å². The number of rotatable bonds is 2. The van der Waals surface area contributed by atoms with Crippen LogP contribution in [0, 0.1) is 12.8 Å². The summed E-state index contributed by atoms with van der Waals surface area (Å²) in [5, 5.41) is 0. The molecule has 2 aliphatic heterocycles. The minimum Gasteiger partial charge on any atom is -0.472 e. The van der Waals surface area contributed by atoms with Crippen LogP contribution in [0.3, 0.4) is 0 Å². The molecule has 5 heteroatoms. The largest absolute Gasteiger partial charge is 0.472 e.